The lowest BCUT2D eigenvalue weighted by molar-refractivity contribution is -0.145. The van der Waals surface area contributed by atoms with Crippen molar-refractivity contribution in [3.8, 4) is 0 Å². The maximum atomic E-state index is 11.8. The van der Waals surface area contributed by atoms with E-state index in [9.17, 15) is 4.79 Å². The van der Waals surface area contributed by atoms with E-state index in [0.717, 1.165) is 17.9 Å². The van der Waals surface area contributed by atoms with Gasteiger partial charge >= 0.3 is 0 Å². The van der Waals surface area contributed by atoms with Gasteiger partial charge in [-0.2, -0.15) is 0 Å². The lowest BCUT2D eigenvalue weighted by Crippen LogP contribution is -2.59. The van der Waals surface area contributed by atoms with E-state index in [1.807, 2.05) is 24.3 Å². The summed E-state index contributed by atoms with van der Waals surface area (Å²) >= 11 is 5.87. The average molecular weight is 236 g/mol. The molecule has 1 saturated carbocycles. The molecule has 2 fully saturated rings. The SMILES string of the molecule is O=C1NC(c2ccc(Cl)cc2)C12CCCC2. The van der Waals surface area contributed by atoms with Crippen LogP contribution in [0.2, 0.25) is 5.02 Å². The third-order valence-corrected chi connectivity index (χ3v) is 4.23. The van der Waals surface area contributed by atoms with Crippen molar-refractivity contribution in [3.63, 3.8) is 0 Å². The first-order chi connectivity index (χ1) is 7.72. The standard InChI is InChI=1S/C13H14ClNO/c14-10-5-3-9(4-6-10)11-13(12(16)15-11)7-1-2-8-13/h3-6,11H,1-2,7-8H2,(H,15,16). The predicted octanol–water partition coefficient (Wildman–Crippen LogP) is 3.07. The second kappa shape index (κ2) is 3.49. The van der Waals surface area contributed by atoms with E-state index in [-0.39, 0.29) is 17.4 Å². The normalized spacial score (nSPS) is 26.6. The largest absolute Gasteiger partial charge is 0.348 e. The third-order valence-electron chi connectivity index (χ3n) is 3.98. The van der Waals surface area contributed by atoms with E-state index in [1.54, 1.807) is 0 Å². The molecule has 84 valence electrons. The molecule has 1 saturated heterocycles. The molecular formula is C13H14ClNO. The zero-order valence-corrected chi connectivity index (χ0v) is 9.76. The van der Waals surface area contributed by atoms with Crippen molar-refractivity contribution in [2.45, 2.75) is 31.7 Å². The van der Waals surface area contributed by atoms with Gasteiger partial charge in [-0.1, -0.05) is 36.6 Å². The lowest BCUT2D eigenvalue weighted by atomic mass is 9.68. The fourth-order valence-electron chi connectivity index (χ4n) is 3.05. The van der Waals surface area contributed by atoms with Gasteiger partial charge in [0.1, 0.15) is 0 Å². The van der Waals surface area contributed by atoms with Crippen molar-refractivity contribution < 1.29 is 4.79 Å². The Kier molecular flexibility index (Phi) is 2.21. The van der Waals surface area contributed by atoms with Crippen molar-refractivity contribution in [2.75, 3.05) is 0 Å². The van der Waals surface area contributed by atoms with Gasteiger partial charge in [-0.05, 0) is 30.5 Å². The summed E-state index contributed by atoms with van der Waals surface area (Å²) < 4.78 is 0. The van der Waals surface area contributed by atoms with Crippen LogP contribution in [0.3, 0.4) is 0 Å². The Morgan fingerprint density at radius 1 is 1.19 bits per heavy atom. The fraction of sp³-hybridized carbons (Fsp3) is 0.462. The summed E-state index contributed by atoms with van der Waals surface area (Å²) in [6, 6.07) is 8.03. The van der Waals surface area contributed by atoms with E-state index in [4.69, 9.17) is 11.6 Å². The molecule has 1 aromatic rings. The van der Waals surface area contributed by atoms with Crippen LogP contribution in [-0.4, -0.2) is 5.91 Å². The molecule has 1 spiro atoms. The highest BCUT2D eigenvalue weighted by molar-refractivity contribution is 6.30. The first kappa shape index (κ1) is 10.2. The second-order valence-electron chi connectivity index (χ2n) is 4.82. The number of nitrogens with one attached hydrogen (secondary N) is 1. The average Bonchev–Trinajstić information content (AvgIpc) is 2.79. The van der Waals surface area contributed by atoms with Gasteiger partial charge in [0.05, 0.1) is 11.5 Å². The van der Waals surface area contributed by atoms with Crippen molar-refractivity contribution >= 4 is 17.5 Å². The third kappa shape index (κ3) is 1.29. The summed E-state index contributed by atoms with van der Waals surface area (Å²) in [5.41, 5.74) is 1.08. The van der Waals surface area contributed by atoms with Crippen LogP contribution < -0.4 is 5.32 Å². The quantitative estimate of drug-likeness (QED) is 0.745. The van der Waals surface area contributed by atoms with E-state index < -0.39 is 0 Å². The number of β-lactam (4-membered cyclic amide) rings is 1. The van der Waals surface area contributed by atoms with Gasteiger partial charge in [0, 0.05) is 5.02 Å². The summed E-state index contributed by atoms with van der Waals surface area (Å²) in [7, 11) is 0. The number of halogens is 1. The van der Waals surface area contributed by atoms with Crippen molar-refractivity contribution in [1.29, 1.82) is 0 Å². The van der Waals surface area contributed by atoms with Crippen LogP contribution in [0.15, 0.2) is 24.3 Å². The Labute approximate surface area is 100.0 Å². The molecule has 1 heterocycles. The van der Waals surface area contributed by atoms with E-state index in [2.05, 4.69) is 5.32 Å². The minimum Gasteiger partial charge on any atom is -0.348 e. The Morgan fingerprint density at radius 2 is 1.81 bits per heavy atom. The summed E-state index contributed by atoms with van der Waals surface area (Å²) in [5.74, 6) is 0.241. The van der Waals surface area contributed by atoms with Gasteiger partial charge in [-0.25, -0.2) is 0 Å². The molecule has 0 bridgehead atoms. The maximum absolute atomic E-state index is 11.8. The molecule has 2 nitrogen and oxygen atoms in total. The summed E-state index contributed by atoms with van der Waals surface area (Å²) in [6.45, 7) is 0. The number of rotatable bonds is 1. The first-order valence-corrected chi connectivity index (χ1v) is 6.17. The molecule has 1 unspecified atom stereocenters. The molecule has 1 N–H and O–H groups in total. The van der Waals surface area contributed by atoms with E-state index in [1.165, 1.54) is 18.4 Å². The second-order valence-corrected chi connectivity index (χ2v) is 5.26. The van der Waals surface area contributed by atoms with Crippen LogP contribution in [-0.2, 0) is 4.79 Å². The Morgan fingerprint density at radius 3 is 2.38 bits per heavy atom. The van der Waals surface area contributed by atoms with Crippen LogP contribution in [0.4, 0.5) is 0 Å². The Bertz CT molecular complexity index is 420. The Hall–Kier alpha value is -1.02. The van der Waals surface area contributed by atoms with Crippen molar-refractivity contribution in [2.24, 2.45) is 5.41 Å². The van der Waals surface area contributed by atoms with Gasteiger partial charge in [0.15, 0.2) is 0 Å². The number of carbonyl (C=O) groups excluding carboxylic acids is 1. The first-order valence-electron chi connectivity index (χ1n) is 5.79. The molecular weight excluding hydrogens is 222 g/mol. The predicted molar refractivity (Wildman–Crippen MR) is 63.2 cm³/mol. The van der Waals surface area contributed by atoms with Crippen LogP contribution in [0.1, 0.15) is 37.3 Å². The monoisotopic (exact) mass is 235 g/mol. The van der Waals surface area contributed by atoms with Crippen molar-refractivity contribution in [3.05, 3.63) is 34.9 Å². The molecule has 1 amide bonds. The number of carbonyl (C=O) groups is 1. The van der Waals surface area contributed by atoms with Gasteiger partial charge in [-0.3, -0.25) is 4.79 Å². The van der Waals surface area contributed by atoms with E-state index in [0.29, 0.717) is 0 Å². The van der Waals surface area contributed by atoms with Crippen LogP contribution in [0.5, 0.6) is 0 Å². The van der Waals surface area contributed by atoms with Crippen LogP contribution in [0.25, 0.3) is 0 Å². The van der Waals surface area contributed by atoms with Crippen LogP contribution in [0, 0.1) is 5.41 Å². The molecule has 1 aliphatic carbocycles. The number of amides is 1. The van der Waals surface area contributed by atoms with Gasteiger partial charge in [0.2, 0.25) is 5.91 Å². The molecule has 1 aromatic carbocycles. The van der Waals surface area contributed by atoms with Gasteiger partial charge < -0.3 is 5.32 Å². The van der Waals surface area contributed by atoms with Crippen LogP contribution >= 0.6 is 11.6 Å². The minimum atomic E-state index is -0.103. The molecule has 16 heavy (non-hydrogen) atoms. The Balaban J connectivity index is 1.91. The maximum Gasteiger partial charge on any atom is 0.229 e. The highest BCUT2D eigenvalue weighted by Crippen LogP contribution is 2.53. The summed E-state index contributed by atoms with van der Waals surface area (Å²) in [6.07, 6.45) is 4.42. The zero-order chi connectivity index (χ0) is 11.2. The highest BCUT2D eigenvalue weighted by Gasteiger charge is 2.56. The highest BCUT2D eigenvalue weighted by atomic mass is 35.5. The molecule has 0 aromatic heterocycles. The summed E-state index contributed by atoms with van der Waals surface area (Å²) in [5, 5.41) is 3.77. The van der Waals surface area contributed by atoms with E-state index >= 15 is 0 Å². The van der Waals surface area contributed by atoms with Crippen molar-refractivity contribution in [1.82, 2.24) is 5.32 Å². The molecule has 2 aliphatic rings. The minimum absolute atomic E-state index is 0.103. The topological polar surface area (TPSA) is 29.1 Å². The van der Waals surface area contributed by atoms with Gasteiger partial charge in [-0.15, -0.1) is 0 Å². The lowest BCUT2D eigenvalue weighted by Gasteiger charge is -2.46. The number of hydrogen-bond acceptors (Lipinski definition) is 1. The number of benzene rings is 1. The molecule has 3 heteroatoms. The van der Waals surface area contributed by atoms with Gasteiger partial charge in [0.25, 0.3) is 0 Å². The molecule has 3 rings (SSSR count). The molecule has 0 radical (unpaired) electrons. The molecule has 1 aliphatic heterocycles. The smallest absolute Gasteiger partial charge is 0.229 e. The number of hydrogen-bond donors (Lipinski definition) is 1. The fourth-order valence-corrected chi connectivity index (χ4v) is 3.17. The summed E-state index contributed by atoms with van der Waals surface area (Å²) in [4.78, 5) is 11.8. The zero-order valence-electron chi connectivity index (χ0n) is 9.00. The molecule has 1 atom stereocenters.